The van der Waals surface area contributed by atoms with Crippen LogP contribution in [0.5, 0.6) is 0 Å². The molecule has 0 amide bonds. The minimum atomic E-state index is 0.400. The normalized spacial score (nSPS) is 26.8. The third-order valence-electron chi connectivity index (χ3n) is 3.33. The summed E-state index contributed by atoms with van der Waals surface area (Å²) < 4.78 is 5.31. The summed E-state index contributed by atoms with van der Waals surface area (Å²) in [5.74, 6) is 2.55. The molecule has 1 aliphatic carbocycles. The average molecular weight is 209 g/mol. The van der Waals surface area contributed by atoms with Crippen molar-refractivity contribution in [2.45, 2.75) is 44.9 Å². The highest BCUT2D eigenvalue weighted by molar-refractivity contribution is 4.98. The van der Waals surface area contributed by atoms with Crippen LogP contribution in [0.4, 0.5) is 0 Å². The van der Waals surface area contributed by atoms with E-state index in [4.69, 9.17) is 10.3 Å². The van der Waals surface area contributed by atoms with E-state index in [9.17, 15) is 0 Å². The molecular weight excluding hydrogens is 190 g/mol. The summed E-state index contributed by atoms with van der Waals surface area (Å²) in [5, 5.41) is 3.95. The van der Waals surface area contributed by atoms with Crippen LogP contribution in [0.2, 0.25) is 0 Å². The van der Waals surface area contributed by atoms with Gasteiger partial charge in [-0.1, -0.05) is 24.9 Å². The molecular formula is C11H19N3O. The molecule has 0 aromatic carbocycles. The maximum absolute atomic E-state index is 5.78. The maximum Gasteiger partial charge on any atom is 0.230 e. The van der Waals surface area contributed by atoms with Crippen molar-refractivity contribution in [3.05, 3.63) is 11.7 Å². The average Bonchev–Trinajstić information content (AvgIpc) is 2.77. The van der Waals surface area contributed by atoms with Gasteiger partial charge in [-0.2, -0.15) is 4.98 Å². The molecule has 1 fully saturated rings. The first-order chi connectivity index (χ1) is 7.35. The lowest BCUT2D eigenvalue weighted by Crippen LogP contribution is -2.25. The molecule has 1 aliphatic rings. The van der Waals surface area contributed by atoms with Crippen LogP contribution in [0.3, 0.4) is 0 Å². The van der Waals surface area contributed by atoms with Gasteiger partial charge in [-0.25, -0.2) is 0 Å². The van der Waals surface area contributed by atoms with Gasteiger partial charge < -0.3 is 10.3 Å². The molecule has 84 valence electrons. The predicted octanol–water partition coefficient (Wildman–Crippen LogP) is 1.86. The minimum Gasteiger partial charge on any atom is -0.339 e. The molecule has 15 heavy (non-hydrogen) atoms. The van der Waals surface area contributed by atoms with Gasteiger partial charge in [0.2, 0.25) is 5.89 Å². The molecule has 2 rings (SSSR count). The predicted molar refractivity (Wildman–Crippen MR) is 57.4 cm³/mol. The van der Waals surface area contributed by atoms with Crippen LogP contribution in [0.25, 0.3) is 0 Å². The molecule has 0 spiro atoms. The standard InChI is InChI=1S/C11H19N3O/c1-2-10-13-11(15-14-10)9-6-4-3-5-8(9)7-12/h8-9H,2-7,12H2,1H3. The van der Waals surface area contributed by atoms with Crippen LogP contribution < -0.4 is 5.73 Å². The summed E-state index contributed by atoms with van der Waals surface area (Å²) >= 11 is 0. The van der Waals surface area contributed by atoms with Gasteiger partial charge in [0.05, 0.1) is 0 Å². The number of aromatic nitrogens is 2. The summed E-state index contributed by atoms with van der Waals surface area (Å²) in [6, 6.07) is 0. The lowest BCUT2D eigenvalue weighted by molar-refractivity contribution is 0.249. The molecule has 0 aliphatic heterocycles. The van der Waals surface area contributed by atoms with Gasteiger partial charge in [-0.15, -0.1) is 0 Å². The number of hydrogen-bond donors (Lipinski definition) is 1. The largest absolute Gasteiger partial charge is 0.339 e. The zero-order valence-electron chi connectivity index (χ0n) is 9.28. The quantitative estimate of drug-likeness (QED) is 0.825. The summed E-state index contributed by atoms with van der Waals surface area (Å²) in [4.78, 5) is 4.42. The van der Waals surface area contributed by atoms with Gasteiger partial charge >= 0.3 is 0 Å². The Kier molecular flexibility index (Phi) is 3.36. The fraction of sp³-hybridized carbons (Fsp3) is 0.818. The number of nitrogens with zero attached hydrogens (tertiary/aromatic N) is 2. The van der Waals surface area contributed by atoms with E-state index >= 15 is 0 Å². The summed E-state index contributed by atoms with van der Waals surface area (Å²) in [7, 11) is 0. The Balaban J connectivity index is 2.12. The van der Waals surface area contributed by atoms with Crippen LogP contribution in [0.15, 0.2) is 4.52 Å². The van der Waals surface area contributed by atoms with Crippen LogP contribution in [0.1, 0.15) is 50.2 Å². The molecule has 2 unspecified atom stereocenters. The first kappa shape index (κ1) is 10.6. The number of hydrogen-bond acceptors (Lipinski definition) is 4. The van der Waals surface area contributed by atoms with E-state index in [0.717, 1.165) is 31.1 Å². The molecule has 4 heteroatoms. The van der Waals surface area contributed by atoms with Gasteiger partial charge in [0.25, 0.3) is 0 Å². The van der Waals surface area contributed by atoms with Gasteiger partial charge in [0, 0.05) is 12.3 Å². The van der Waals surface area contributed by atoms with E-state index in [1.54, 1.807) is 0 Å². The first-order valence-electron chi connectivity index (χ1n) is 5.87. The van der Waals surface area contributed by atoms with Gasteiger partial charge in [0.1, 0.15) is 0 Å². The van der Waals surface area contributed by atoms with Crippen molar-refractivity contribution < 1.29 is 4.52 Å². The number of rotatable bonds is 3. The molecule has 0 radical (unpaired) electrons. The maximum atomic E-state index is 5.78. The van der Waals surface area contributed by atoms with E-state index in [1.165, 1.54) is 19.3 Å². The van der Waals surface area contributed by atoms with Crippen LogP contribution >= 0.6 is 0 Å². The minimum absolute atomic E-state index is 0.400. The third-order valence-corrected chi connectivity index (χ3v) is 3.33. The van der Waals surface area contributed by atoms with Crippen LogP contribution in [0, 0.1) is 5.92 Å². The Bertz CT molecular complexity index is 311. The van der Waals surface area contributed by atoms with Crippen LogP contribution in [-0.4, -0.2) is 16.7 Å². The molecule has 1 aromatic rings. The van der Waals surface area contributed by atoms with E-state index in [0.29, 0.717) is 11.8 Å². The Morgan fingerprint density at radius 3 is 2.87 bits per heavy atom. The lowest BCUT2D eigenvalue weighted by Gasteiger charge is -2.27. The van der Waals surface area contributed by atoms with E-state index < -0.39 is 0 Å². The SMILES string of the molecule is CCc1noc(C2CCCCC2CN)n1. The lowest BCUT2D eigenvalue weighted by atomic mass is 9.79. The van der Waals surface area contributed by atoms with Gasteiger partial charge in [-0.05, 0) is 25.3 Å². The van der Waals surface area contributed by atoms with Crippen LogP contribution in [-0.2, 0) is 6.42 Å². The highest BCUT2D eigenvalue weighted by Gasteiger charge is 2.29. The summed E-state index contributed by atoms with van der Waals surface area (Å²) in [5.41, 5.74) is 5.78. The third kappa shape index (κ3) is 2.20. The molecule has 0 bridgehead atoms. The summed E-state index contributed by atoms with van der Waals surface area (Å²) in [6.45, 7) is 2.77. The molecule has 1 heterocycles. The fourth-order valence-corrected chi connectivity index (χ4v) is 2.38. The molecule has 2 atom stereocenters. The van der Waals surface area contributed by atoms with Crippen molar-refractivity contribution in [1.29, 1.82) is 0 Å². The zero-order chi connectivity index (χ0) is 10.7. The van der Waals surface area contributed by atoms with Crippen molar-refractivity contribution in [2.75, 3.05) is 6.54 Å². The Morgan fingerprint density at radius 1 is 1.40 bits per heavy atom. The van der Waals surface area contributed by atoms with E-state index in [2.05, 4.69) is 10.1 Å². The second kappa shape index (κ2) is 4.75. The van der Waals surface area contributed by atoms with Crippen molar-refractivity contribution >= 4 is 0 Å². The first-order valence-corrected chi connectivity index (χ1v) is 5.87. The molecule has 1 saturated carbocycles. The smallest absolute Gasteiger partial charge is 0.230 e. The second-order valence-corrected chi connectivity index (χ2v) is 4.29. The van der Waals surface area contributed by atoms with Crippen molar-refractivity contribution in [2.24, 2.45) is 11.7 Å². The summed E-state index contributed by atoms with van der Waals surface area (Å²) in [6.07, 6.45) is 5.72. The monoisotopic (exact) mass is 209 g/mol. The molecule has 2 N–H and O–H groups in total. The second-order valence-electron chi connectivity index (χ2n) is 4.29. The fourth-order valence-electron chi connectivity index (χ4n) is 2.38. The molecule has 4 nitrogen and oxygen atoms in total. The Hall–Kier alpha value is -0.900. The molecule has 0 saturated heterocycles. The van der Waals surface area contributed by atoms with Crippen molar-refractivity contribution in [1.82, 2.24) is 10.1 Å². The van der Waals surface area contributed by atoms with Gasteiger partial charge in [-0.3, -0.25) is 0 Å². The topological polar surface area (TPSA) is 64.9 Å². The molecule has 1 aromatic heterocycles. The Labute approximate surface area is 90.2 Å². The zero-order valence-corrected chi connectivity index (χ0v) is 9.28. The number of aryl methyl sites for hydroxylation is 1. The highest BCUT2D eigenvalue weighted by Crippen LogP contribution is 2.36. The van der Waals surface area contributed by atoms with Gasteiger partial charge in [0.15, 0.2) is 5.82 Å². The van der Waals surface area contributed by atoms with E-state index in [1.807, 2.05) is 6.92 Å². The highest BCUT2D eigenvalue weighted by atomic mass is 16.5. The van der Waals surface area contributed by atoms with Crippen molar-refractivity contribution in [3.8, 4) is 0 Å². The van der Waals surface area contributed by atoms with Crippen molar-refractivity contribution in [3.63, 3.8) is 0 Å². The number of nitrogens with two attached hydrogens (primary N) is 1. The van der Waals surface area contributed by atoms with E-state index in [-0.39, 0.29) is 0 Å². The Morgan fingerprint density at radius 2 is 2.20 bits per heavy atom.